The van der Waals surface area contributed by atoms with Gasteiger partial charge in [0.15, 0.2) is 5.75 Å². The number of hydrogen-bond acceptors (Lipinski definition) is 4. The minimum atomic E-state index is -4.79. The van der Waals surface area contributed by atoms with Crippen LogP contribution in [0.2, 0.25) is 0 Å². The van der Waals surface area contributed by atoms with Crippen LogP contribution in [-0.4, -0.2) is 24.4 Å². The first kappa shape index (κ1) is 15.0. The zero-order valence-electron chi connectivity index (χ0n) is 9.47. The van der Waals surface area contributed by atoms with Gasteiger partial charge < -0.3 is 9.47 Å². The smallest absolute Gasteiger partial charge is 0.469 e. The molecular formula is C10H9F3INO3. The van der Waals surface area contributed by atoms with Gasteiger partial charge in [0.25, 0.3) is 0 Å². The Morgan fingerprint density at radius 3 is 2.61 bits per heavy atom. The highest BCUT2D eigenvalue weighted by Gasteiger charge is 2.32. The molecule has 0 unspecified atom stereocenters. The number of ether oxygens (including phenoxy) is 2. The topological polar surface area (TPSA) is 48.4 Å². The van der Waals surface area contributed by atoms with Gasteiger partial charge >= 0.3 is 12.3 Å². The van der Waals surface area contributed by atoms with Gasteiger partial charge in [-0.2, -0.15) is 0 Å². The van der Waals surface area contributed by atoms with Crippen LogP contribution < -0.4 is 4.74 Å². The molecule has 0 amide bonds. The van der Waals surface area contributed by atoms with Gasteiger partial charge in [0, 0.05) is 5.69 Å². The fourth-order valence-electron chi connectivity index (χ4n) is 1.20. The maximum Gasteiger partial charge on any atom is 0.573 e. The summed E-state index contributed by atoms with van der Waals surface area (Å²) in [5.74, 6) is -0.980. The SMILES string of the molecule is COC(=O)Cc1cc(OC(F)(F)F)c(I)nc1C. The van der Waals surface area contributed by atoms with Gasteiger partial charge in [-0.05, 0) is 41.1 Å². The zero-order valence-corrected chi connectivity index (χ0v) is 11.6. The lowest BCUT2D eigenvalue weighted by Gasteiger charge is -2.12. The van der Waals surface area contributed by atoms with Crippen molar-refractivity contribution >= 4 is 28.6 Å². The van der Waals surface area contributed by atoms with Crippen LogP contribution in [0.1, 0.15) is 11.3 Å². The molecule has 18 heavy (non-hydrogen) atoms. The summed E-state index contributed by atoms with van der Waals surface area (Å²) in [5, 5.41) is 0. The van der Waals surface area contributed by atoms with E-state index in [-0.39, 0.29) is 10.1 Å². The van der Waals surface area contributed by atoms with Crippen LogP contribution in [0.25, 0.3) is 0 Å². The van der Waals surface area contributed by atoms with E-state index in [1.807, 2.05) is 0 Å². The molecule has 0 atom stereocenters. The highest BCUT2D eigenvalue weighted by atomic mass is 127. The number of halogens is 4. The molecule has 1 rings (SSSR count). The van der Waals surface area contributed by atoms with Crippen LogP contribution in [0.4, 0.5) is 13.2 Å². The Morgan fingerprint density at radius 2 is 2.11 bits per heavy atom. The molecule has 0 bridgehead atoms. The molecule has 1 aromatic rings. The second-order valence-corrected chi connectivity index (χ2v) is 4.34. The Kier molecular flexibility index (Phi) is 4.77. The molecular weight excluding hydrogens is 366 g/mol. The predicted molar refractivity (Wildman–Crippen MR) is 64.1 cm³/mol. The summed E-state index contributed by atoms with van der Waals surface area (Å²) < 4.78 is 44.8. The Bertz CT molecular complexity index is 462. The second kappa shape index (κ2) is 5.72. The number of carbonyl (C=O) groups excluding carboxylic acids is 1. The molecule has 0 radical (unpaired) electrons. The summed E-state index contributed by atoms with van der Waals surface area (Å²) in [5.41, 5.74) is 0.792. The average Bonchev–Trinajstić information content (AvgIpc) is 2.23. The first-order valence-electron chi connectivity index (χ1n) is 4.71. The quantitative estimate of drug-likeness (QED) is 0.463. The maximum atomic E-state index is 12.1. The number of esters is 1. The van der Waals surface area contributed by atoms with Gasteiger partial charge in [-0.3, -0.25) is 4.79 Å². The van der Waals surface area contributed by atoms with Gasteiger partial charge in [-0.1, -0.05) is 0 Å². The summed E-state index contributed by atoms with van der Waals surface area (Å²) in [7, 11) is 1.20. The van der Waals surface area contributed by atoms with Crippen molar-refractivity contribution < 1.29 is 27.4 Å². The Morgan fingerprint density at radius 1 is 1.50 bits per heavy atom. The van der Waals surface area contributed by atoms with Crippen molar-refractivity contribution in [3.63, 3.8) is 0 Å². The Hall–Kier alpha value is -1.06. The molecule has 0 N–H and O–H groups in total. The second-order valence-electron chi connectivity index (χ2n) is 3.32. The monoisotopic (exact) mass is 375 g/mol. The average molecular weight is 375 g/mol. The van der Waals surface area contributed by atoms with E-state index in [0.717, 1.165) is 6.07 Å². The molecule has 100 valence electrons. The van der Waals surface area contributed by atoms with E-state index >= 15 is 0 Å². The lowest BCUT2D eigenvalue weighted by Crippen LogP contribution is -2.19. The lowest BCUT2D eigenvalue weighted by molar-refractivity contribution is -0.275. The number of rotatable bonds is 3. The minimum absolute atomic E-state index is 0.0797. The molecule has 0 aliphatic carbocycles. The molecule has 8 heteroatoms. The normalized spacial score (nSPS) is 11.2. The summed E-state index contributed by atoms with van der Waals surface area (Å²) >= 11 is 1.63. The summed E-state index contributed by atoms with van der Waals surface area (Å²) in [6, 6.07) is 1.15. The Labute approximate surface area is 115 Å². The fraction of sp³-hybridized carbons (Fsp3) is 0.400. The fourth-order valence-corrected chi connectivity index (χ4v) is 1.83. The molecule has 0 aliphatic heterocycles. The van der Waals surface area contributed by atoms with Crippen LogP contribution in [0.3, 0.4) is 0 Å². The van der Waals surface area contributed by atoms with Crippen LogP contribution in [0.15, 0.2) is 6.07 Å². The van der Waals surface area contributed by atoms with E-state index in [4.69, 9.17) is 0 Å². The summed E-state index contributed by atoms with van der Waals surface area (Å²) in [4.78, 5) is 15.0. The third-order valence-electron chi connectivity index (χ3n) is 2.03. The molecule has 1 aromatic heterocycles. The molecule has 0 aliphatic rings. The van der Waals surface area contributed by atoms with Gasteiger partial charge in [0.05, 0.1) is 13.5 Å². The van der Waals surface area contributed by atoms with Crippen molar-refractivity contribution in [2.45, 2.75) is 19.7 Å². The standard InChI is InChI=1S/C10H9F3INO3/c1-5-6(4-8(16)17-2)3-7(9(14)15-5)18-10(11,12)13/h3H,4H2,1-2H3. The van der Waals surface area contributed by atoms with E-state index in [1.165, 1.54) is 7.11 Å². The Balaban J connectivity index is 3.06. The molecule has 0 saturated heterocycles. The molecule has 1 heterocycles. The van der Waals surface area contributed by atoms with Crippen LogP contribution in [0.5, 0.6) is 5.75 Å². The number of nitrogens with zero attached hydrogens (tertiary/aromatic N) is 1. The van der Waals surface area contributed by atoms with Crippen molar-refractivity contribution in [3.8, 4) is 5.75 Å². The molecule has 0 fully saturated rings. The predicted octanol–water partition coefficient (Wildman–Crippen LogP) is 2.61. The highest BCUT2D eigenvalue weighted by Crippen LogP contribution is 2.28. The van der Waals surface area contributed by atoms with E-state index in [1.54, 1.807) is 29.5 Å². The van der Waals surface area contributed by atoms with E-state index in [2.05, 4.69) is 14.5 Å². The first-order valence-corrected chi connectivity index (χ1v) is 5.79. The molecule has 4 nitrogen and oxygen atoms in total. The number of alkyl halides is 3. The van der Waals surface area contributed by atoms with Crippen LogP contribution in [-0.2, 0) is 16.0 Å². The lowest BCUT2D eigenvalue weighted by atomic mass is 10.1. The largest absolute Gasteiger partial charge is 0.573 e. The third kappa shape index (κ3) is 4.31. The third-order valence-corrected chi connectivity index (χ3v) is 2.80. The van der Waals surface area contributed by atoms with E-state index < -0.39 is 18.1 Å². The van der Waals surface area contributed by atoms with Gasteiger partial charge in [0.2, 0.25) is 0 Å². The minimum Gasteiger partial charge on any atom is -0.469 e. The number of carbonyl (C=O) groups is 1. The molecule has 0 spiro atoms. The van der Waals surface area contributed by atoms with Crippen LogP contribution >= 0.6 is 22.6 Å². The van der Waals surface area contributed by atoms with Gasteiger partial charge in [0.1, 0.15) is 3.70 Å². The highest BCUT2D eigenvalue weighted by molar-refractivity contribution is 14.1. The molecule has 0 aromatic carbocycles. The molecule has 0 saturated carbocycles. The van der Waals surface area contributed by atoms with Crippen molar-refractivity contribution in [2.75, 3.05) is 7.11 Å². The number of aromatic nitrogens is 1. The van der Waals surface area contributed by atoms with Crippen molar-refractivity contribution in [2.24, 2.45) is 0 Å². The number of methoxy groups -OCH3 is 1. The number of pyridine rings is 1. The van der Waals surface area contributed by atoms with E-state index in [0.29, 0.717) is 11.3 Å². The first-order chi connectivity index (χ1) is 8.23. The number of aryl methyl sites for hydroxylation is 1. The van der Waals surface area contributed by atoms with Crippen molar-refractivity contribution in [1.82, 2.24) is 4.98 Å². The summed E-state index contributed by atoms with van der Waals surface area (Å²) in [6.45, 7) is 1.60. The van der Waals surface area contributed by atoms with Crippen molar-refractivity contribution in [3.05, 3.63) is 21.0 Å². The van der Waals surface area contributed by atoms with Crippen LogP contribution in [0, 0.1) is 10.6 Å². The van der Waals surface area contributed by atoms with Crippen molar-refractivity contribution in [1.29, 1.82) is 0 Å². The maximum absolute atomic E-state index is 12.1. The zero-order chi connectivity index (χ0) is 13.9. The summed E-state index contributed by atoms with van der Waals surface area (Å²) in [6.07, 6.45) is -4.94. The number of hydrogen-bond donors (Lipinski definition) is 0. The van der Waals surface area contributed by atoms with Gasteiger partial charge in [-0.15, -0.1) is 13.2 Å². The van der Waals surface area contributed by atoms with Gasteiger partial charge in [-0.25, -0.2) is 4.98 Å². The van der Waals surface area contributed by atoms with E-state index in [9.17, 15) is 18.0 Å².